The molecule has 1 amide bonds. The Morgan fingerprint density at radius 2 is 1.96 bits per heavy atom. The summed E-state index contributed by atoms with van der Waals surface area (Å²) in [5.74, 6) is 0.633. The van der Waals surface area contributed by atoms with E-state index in [1.807, 2.05) is 34.0 Å². The topological polar surface area (TPSA) is 45.5 Å². The number of hydrogen-bond donors (Lipinski definition) is 0. The van der Waals surface area contributed by atoms with E-state index in [0.717, 1.165) is 54.7 Å². The van der Waals surface area contributed by atoms with Gasteiger partial charge in [-0.3, -0.25) is 14.5 Å². The molecule has 1 aliphatic heterocycles. The summed E-state index contributed by atoms with van der Waals surface area (Å²) in [4.78, 5) is 28.8. The third-order valence-corrected chi connectivity index (χ3v) is 5.79. The number of amides is 1. The van der Waals surface area contributed by atoms with Crippen LogP contribution in [0.5, 0.6) is 0 Å². The van der Waals surface area contributed by atoms with Crippen molar-refractivity contribution in [3.63, 3.8) is 0 Å². The van der Waals surface area contributed by atoms with Gasteiger partial charge in [0, 0.05) is 32.1 Å². The van der Waals surface area contributed by atoms with Gasteiger partial charge in [0.25, 0.3) is 5.56 Å². The Hall–Kier alpha value is -1.66. The summed E-state index contributed by atoms with van der Waals surface area (Å²) >= 11 is 1.53. The monoisotopic (exact) mass is 331 g/mol. The maximum absolute atomic E-state index is 12.5. The smallest absolute Gasteiger partial charge is 0.269 e. The average Bonchev–Trinajstić information content (AvgIpc) is 3.36. The zero-order valence-corrected chi connectivity index (χ0v) is 14.1. The molecule has 0 unspecified atom stereocenters. The lowest BCUT2D eigenvalue weighted by molar-refractivity contribution is -0.134. The number of carbonyl (C=O) groups is 1. The van der Waals surface area contributed by atoms with Crippen molar-refractivity contribution in [3.05, 3.63) is 34.1 Å². The van der Waals surface area contributed by atoms with Crippen LogP contribution in [0.4, 0.5) is 0 Å². The first kappa shape index (κ1) is 14.9. The van der Waals surface area contributed by atoms with Gasteiger partial charge in [-0.15, -0.1) is 0 Å². The molecular formula is C17H21N3O2S. The summed E-state index contributed by atoms with van der Waals surface area (Å²) in [5, 5.41) is 0.817. The second-order valence-corrected chi connectivity index (χ2v) is 7.70. The molecule has 2 aromatic rings. The van der Waals surface area contributed by atoms with Crippen LogP contribution >= 0.6 is 11.5 Å². The van der Waals surface area contributed by atoms with E-state index in [9.17, 15) is 9.59 Å². The Labute approximate surface area is 139 Å². The van der Waals surface area contributed by atoms with Gasteiger partial charge in [-0.05, 0) is 31.9 Å². The van der Waals surface area contributed by atoms with Crippen LogP contribution < -0.4 is 5.56 Å². The first-order valence-corrected chi connectivity index (χ1v) is 9.01. The fourth-order valence-electron chi connectivity index (χ4n) is 3.16. The van der Waals surface area contributed by atoms with Crippen LogP contribution in [0.1, 0.15) is 18.4 Å². The van der Waals surface area contributed by atoms with Crippen LogP contribution in [0, 0.1) is 12.8 Å². The van der Waals surface area contributed by atoms with Gasteiger partial charge in [0.2, 0.25) is 5.91 Å². The number of aryl methyl sites for hydroxylation is 1. The molecule has 0 atom stereocenters. The van der Waals surface area contributed by atoms with E-state index in [2.05, 4.69) is 4.90 Å². The first-order chi connectivity index (χ1) is 11.1. The SMILES string of the molecule is Cc1ccc2sn(CN3CCN(C(=O)C4CC4)CC3)c(=O)c2c1. The lowest BCUT2D eigenvalue weighted by atomic mass is 10.2. The Morgan fingerprint density at radius 3 is 2.65 bits per heavy atom. The molecule has 2 fully saturated rings. The maximum atomic E-state index is 12.5. The summed E-state index contributed by atoms with van der Waals surface area (Å²) in [5.41, 5.74) is 1.22. The highest BCUT2D eigenvalue weighted by Crippen LogP contribution is 2.31. The molecule has 5 nitrogen and oxygen atoms in total. The van der Waals surface area contributed by atoms with Crippen molar-refractivity contribution in [2.24, 2.45) is 5.92 Å². The highest BCUT2D eigenvalue weighted by atomic mass is 32.1. The van der Waals surface area contributed by atoms with Gasteiger partial charge in [0.1, 0.15) is 0 Å². The van der Waals surface area contributed by atoms with E-state index >= 15 is 0 Å². The minimum Gasteiger partial charge on any atom is -0.340 e. The number of fused-ring (bicyclic) bond motifs is 1. The van der Waals surface area contributed by atoms with Gasteiger partial charge < -0.3 is 4.90 Å². The van der Waals surface area contributed by atoms with Crippen LogP contribution in [0.15, 0.2) is 23.0 Å². The van der Waals surface area contributed by atoms with Crippen LogP contribution in [0.3, 0.4) is 0 Å². The maximum Gasteiger partial charge on any atom is 0.269 e. The fraction of sp³-hybridized carbons (Fsp3) is 0.529. The molecule has 0 bridgehead atoms. The molecule has 23 heavy (non-hydrogen) atoms. The molecule has 0 N–H and O–H groups in total. The van der Waals surface area contributed by atoms with Crippen molar-refractivity contribution in [2.45, 2.75) is 26.4 Å². The van der Waals surface area contributed by atoms with Crippen molar-refractivity contribution < 1.29 is 4.79 Å². The quantitative estimate of drug-likeness (QED) is 0.863. The molecule has 1 aromatic heterocycles. The normalized spacial score (nSPS) is 19.4. The number of nitrogens with zero attached hydrogens (tertiary/aromatic N) is 3. The predicted octanol–water partition coefficient (Wildman–Crippen LogP) is 1.88. The van der Waals surface area contributed by atoms with E-state index in [4.69, 9.17) is 0 Å². The molecule has 2 heterocycles. The van der Waals surface area contributed by atoms with Crippen molar-refractivity contribution >= 4 is 27.5 Å². The lowest BCUT2D eigenvalue weighted by Gasteiger charge is -2.34. The summed E-state index contributed by atoms with van der Waals surface area (Å²) < 4.78 is 2.88. The van der Waals surface area contributed by atoms with Gasteiger partial charge >= 0.3 is 0 Å². The van der Waals surface area contributed by atoms with Crippen molar-refractivity contribution in [1.29, 1.82) is 0 Å². The Balaban J connectivity index is 1.44. The van der Waals surface area contributed by atoms with Crippen LogP contribution in [-0.2, 0) is 11.5 Å². The van der Waals surface area contributed by atoms with Gasteiger partial charge in [-0.2, -0.15) is 0 Å². The third kappa shape index (κ3) is 2.93. The number of aromatic nitrogens is 1. The average molecular weight is 331 g/mol. The molecule has 1 aromatic carbocycles. The first-order valence-electron chi connectivity index (χ1n) is 8.23. The predicted molar refractivity (Wildman–Crippen MR) is 91.7 cm³/mol. The summed E-state index contributed by atoms with van der Waals surface area (Å²) in [6.07, 6.45) is 2.13. The lowest BCUT2D eigenvalue weighted by Crippen LogP contribution is -2.49. The van der Waals surface area contributed by atoms with Gasteiger partial charge in [0.05, 0.1) is 16.8 Å². The highest BCUT2D eigenvalue weighted by molar-refractivity contribution is 7.13. The van der Waals surface area contributed by atoms with Gasteiger partial charge in [-0.25, -0.2) is 3.96 Å². The fourth-order valence-corrected chi connectivity index (χ4v) is 4.17. The van der Waals surface area contributed by atoms with Gasteiger partial charge in [0.15, 0.2) is 0 Å². The minimum atomic E-state index is 0.102. The van der Waals surface area contributed by atoms with Crippen LogP contribution in [0.25, 0.3) is 10.1 Å². The van der Waals surface area contributed by atoms with Crippen LogP contribution in [-0.4, -0.2) is 45.8 Å². The molecule has 2 aliphatic rings. The summed E-state index contributed by atoms with van der Waals surface area (Å²) in [7, 11) is 0. The number of hydrogen-bond acceptors (Lipinski definition) is 4. The largest absolute Gasteiger partial charge is 0.340 e. The second kappa shape index (κ2) is 5.76. The van der Waals surface area contributed by atoms with Crippen molar-refractivity contribution in [2.75, 3.05) is 26.2 Å². The van der Waals surface area contributed by atoms with E-state index in [1.54, 1.807) is 0 Å². The van der Waals surface area contributed by atoms with E-state index in [1.165, 1.54) is 11.5 Å². The van der Waals surface area contributed by atoms with Crippen LogP contribution in [0.2, 0.25) is 0 Å². The Bertz CT molecular complexity index is 798. The molecule has 6 heteroatoms. The molecule has 1 saturated carbocycles. The standard InChI is InChI=1S/C17H21N3O2S/c1-12-2-5-15-14(10-12)17(22)20(23-15)11-18-6-8-19(9-7-18)16(21)13-3-4-13/h2,5,10,13H,3-4,6-9,11H2,1H3. The van der Waals surface area contributed by atoms with E-state index < -0.39 is 0 Å². The number of carbonyl (C=O) groups excluding carboxylic acids is 1. The molecule has 1 saturated heterocycles. The van der Waals surface area contributed by atoms with Crippen molar-refractivity contribution in [3.8, 4) is 0 Å². The number of rotatable bonds is 3. The molecule has 1 aliphatic carbocycles. The number of piperazine rings is 1. The van der Waals surface area contributed by atoms with E-state index in [-0.39, 0.29) is 5.56 Å². The van der Waals surface area contributed by atoms with E-state index in [0.29, 0.717) is 18.5 Å². The zero-order chi connectivity index (χ0) is 16.0. The summed E-state index contributed by atoms with van der Waals surface area (Å²) in [6, 6.07) is 6.04. The Morgan fingerprint density at radius 1 is 1.22 bits per heavy atom. The molecule has 0 radical (unpaired) electrons. The summed E-state index contributed by atoms with van der Waals surface area (Å²) in [6.45, 7) is 5.90. The zero-order valence-electron chi connectivity index (χ0n) is 13.3. The highest BCUT2D eigenvalue weighted by Gasteiger charge is 2.34. The van der Waals surface area contributed by atoms with Gasteiger partial charge in [-0.1, -0.05) is 23.2 Å². The minimum absolute atomic E-state index is 0.102. The van der Waals surface area contributed by atoms with Crippen molar-refractivity contribution in [1.82, 2.24) is 13.8 Å². The molecule has 122 valence electrons. The molecule has 4 rings (SSSR count). The Kier molecular flexibility index (Phi) is 3.73. The second-order valence-electron chi connectivity index (χ2n) is 6.63. The third-order valence-electron chi connectivity index (χ3n) is 4.74. The molecule has 0 spiro atoms. The molecular weight excluding hydrogens is 310 g/mol. The number of benzene rings is 1.